The Balaban J connectivity index is 1.43. The van der Waals surface area contributed by atoms with E-state index in [2.05, 4.69) is 46.0 Å². The van der Waals surface area contributed by atoms with Gasteiger partial charge >= 0.3 is 0 Å². The minimum Gasteiger partial charge on any atom is -0.313 e. The number of aromatic nitrogens is 1. The summed E-state index contributed by atoms with van der Waals surface area (Å²) in [7, 11) is 0. The highest BCUT2D eigenvalue weighted by atomic mass is 32.2. The van der Waals surface area contributed by atoms with Crippen LogP contribution in [-0.4, -0.2) is 46.6 Å². The Morgan fingerprint density at radius 2 is 2.33 bits per heavy atom. The van der Waals surface area contributed by atoms with Crippen LogP contribution in [0.15, 0.2) is 24.4 Å². The summed E-state index contributed by atoms with van der Waals surface area (Å²) in [4.78, 5) is 7.00. The van der Waals surface area contributed by atoms with Gasteiger partial charge in [-0.2, -0.15) is 11.8 Å². The van der Waals surface area contributed by atoms with E-state index in [1.807, 2.05) is 12.3 Å². The van der Waals surface area contributed by atoms with Crippen LogP contribution in [0.4, 0.5) is 0 Å². The fourth-order valence-electron chi connectivity index (χ4n) is 3.49. The SMILES string of the molecule is CC1CN(Cc2ccccn2)CCC1NCC1CCCS1. The van der Waals surface area contributed by atoms with E-state index in [-0.39, 0.29) is 0 Å². The quantitative estimate of drug-likeness (QED) is 0.905. The average molecular weight is 305 g/mol. The van der Waals surface area contributed by atoms with Crippen molar-refractivity contribution >= 4 is 11.8 Å². The van der Waals surface area contributed by atoms with Crippen LogP contribution >= 0.6 is 11.8 Å². The number of piperidine rings is 1. The molecule has 21 heavy (non-hydrogen) atoms. The second-order valence-corrected chi connectivity index (χ2v) is 7.88. The number of hydrogen-bond acceptors (Lipinski definition) is 4. The monoisotopic (exact) mass is 305 g/mol. The zero-order valence-corrected chi connectivity index (χ0v) is 13.8. The maximum atomic E-state index is 4.45. The molecule has 0 aromatic carbocycles. The second-order valence-electron chi connectivity index (χ2n) is 6.47. The fourth-order valence-corrected chi connectivity index (χ4v) is 4.70. The van der Waals surface area contributed by atoms with Crippen molar-refractivity contribution in [3.63, 3.8) is 0 Å². The third kappa shape index (κ3) is 4.44. The lowest BCUT2D eigenvalue weighted by molar-refractivity contribution is 0.140. The van der Waals surface area contributed by atoms with Crippen LogP contribution in [0.2, 0.25) is 0 Å². The van der Waals surface area contributed by atoms with Crippen LogP contribution in [0.1, 0.15) is 31.9 Å². The Morgan fingerprint density at radius 3 is 3.05 bits per heavy atom. The summed E-state index contributed by atoms with van der Waals surface area (Å²) in [6.07, 6.45) is 5.98. The molecule has 0 aliphatic carbocycles. The lowest BCUT2D eigenvalue weighted by Gasteiger charge is -2.37. The highest BCUT2D eigenvalue weighted by Crippen LogP contribution is 2.26. The molecule has 0 radical (unpaired) electrons. The predicted molar refractivity (Wildman–Crippen MR) is 90.6 cm³/mol. The molecule has 3 unspecified atom stereocenters. The van der Waals surface area contributed by atoms with Crippen molar-refractivity contribution in [2.24, 2.45) is 5.92 Å². The van der Waals surface area contributed by atoms with Gasteiger partial charge in [-0.25, -0.2) is 0 Å². The Bertz CT molecular complexity index is 419. The number of thioether (sulfide) groups is 1. The molecule has 0 bridgehead atoms. The molecule has 1 aromatic rings. The molecule has 3 heterocycles. The van der Waals surface area contributed by atoms with Gasteiger partial charge in [0, 0.05) is 43.7 Å². The average Bonchev–Trinajstić information content (AvgIpc) is 3.01. The number of nitrogens with one attached hydrogen (secondary N) is 1. The number of rotatable bonds is 5. The number of nitrogens with zero attached hydrogens (tertiary/aromatic N) is 2. The van der Waals surface area contributed by atoms with Crippen molar-refractivity contribution in [2.45, 2.75) is 44.0 Å². The third-order valence-electron chi connectivity index (χ3n) is 4.73. The molecule has 0 spiro atoms. The number of likely N-dealkylation sites (tertiary alicyclic amines) is 1. The molecule has 116 valence electrons. The predicted octanol–water partition coefficient (Wildman–Crippen LogP) is 2.78. The minimum absolute atomic E-state index is 0.700. The molecule has 2 aliphatic rings. The molecule has 1 aromatic heterocycles. The topological polar surface area (TPSA) is 28.2 Å². The van der Waals surface area contributed by atoms with E-state index in [0.29, 0.717) is 6.04 Å². The molecule has 3 nitrogen and oxygen atoms in total. The molecule has 2 fully saturated rings. The van der Waals surface area contributed by atoms with Crippen molar-refractivity contribution in [1.82, 2.24) is 15.2 Å². The van der Waals surface area contributed by atoms with Crippen LogP contribution in [0.3, 0.4) is 0 Å². The second kappa shape index (κ2) is 7.61. The van der Waals surface area contributed by atoms with E-state index in [0.717, 1.165) is 17.7 Å². The van der Waals surface area contributed by atoms with Crippen LogP contribution in [-0.2, 0) is 6.54 Å². The highest BCUT2D eigenvalue weighted by Gasteiger charge is 2.27. The Morgan fingerprint density at radius 1 is 1.38 bits per heavy atom. The Kier molecular flexibility index (Phi) is 5.55. The molecule has 0 saturated carbocycles. The molecular formula is C17H27N3S. The smallest absolute Gasteiger partial charge is 0.0543 e. The zero-order valence-electron chi connectivity index (χ0n) is 13.0. The summed E-state index contributed by atoms with van der Waals surface area (Å²) < 4.78 is 0. The van der Waals surface area contributed by atoms with Gasteiger partial charge in [0.15, 0.2) is 0 Å². The minimum atomic E-state index is 0.700. The van der Waals surface area contributed by atoms with E-state index < -0.39 is 0 Å². The van der Waals surface area contributed by atoms with Gasteiger partial charge in [0.1, 0.15) is 0 Å². The molecule has 3 atom stereocenters. The molecular weight excluding hydrogens is 278 g/mol. The maximum absolute atomic E-state index is 4.45. The Hall–Kier alpha value is -0.580. The van der Waals surface area contributed by atoms with Crippen molar-refractivity contribution in [1.29, 1.82) is 0 Å². The zero-order chi connectivity index (χ0) is 14.5. The van der Waals surface area contributed by atoms with E-state index in [4.69, 9.17) is 0 Å². The third-order valence-corrected chi connectivity index (χ3v) is 6.13. The van der Waals surface area contributed by atoms with Gasteiger partial charge < -0.3 is 5.32 Å². The Labute approximate surface area is 132 Å². The maximum Gasteiger partial charge on any atom is 0.0543 e. The normalized spacial score (nSPS) is 30.6. The summed E-state index contributed by atoms with van der Waals surface area (Å²) in [5, 5.41) is 4.70. The van der Waals surface area contributed by atoms with Crippen LogP contribution in [0.5, 0.6) is 0 Å². The highest BCUT2D eigenvalue weighted by molar-refractivity contribution is 8.00. The summed E-state index contributed by atoms with van der Waals surface area (Å²) in [6, 6.07) is 6.90. The van der Waals surface area contributed by atoms with Gasteiger partial charge in [-0.05, 0) is 43.1 Å². The largest absolute Gasteiger partial charge is 0.313 e. The van der Waals surface area contributed by atoms with E-state index in [9.17, 15) is 0 Å². The van der Waals surface area contributed by atoms with Crippen molar-refractivity contribution in [3.8, 4) is 0 Å². The summed E-state index contributed by atoms with van der Waals surface area (Å²) in [5.74, 6) is 2.10. The van der Waals surface area contributed by atoms with Gasteiger partial charge in [0.2, 0.25) is 0 Å². The van der Waals surface area contributed by atoms with Crippen LogP contribution in [0, 0.1) is 5.92 Å². The molecule has 0 amide bonds. The fraction of sp³-hybridized carbons (Fsp3) is 0.706. The summed E-state index contributed by atoms with van der Waals surface area (Å²) in [6.45, 7) is 6.97. The summed E-state index contributed by atoms with van der Waals surface area (Å²) in [5.41, 5.74) is 1.19. The summed E-state index contributed by atoms with van der Waals surface area (Å²) >= 11 is 2.15. The van der Waals surface area contributed by atoms with Crippen LogP contribution < -0.4 is 5.32 Å². The van der Waals surface area contributed by atoms with Gasteiger partial charge in [-0.1, -0.05) is 13.0 Å². The first-order chi connectivity index (χ1) is 10.3. The van der Waals surface area contributed by atoms with Crippen molar-refractivity contribution in [3.05, 3.63) is 30.1 Å². The first kappa shape index (κ1) is 15.3. The molecule has 4 heteroatoms. The van der Waals surface area contributed by atoms with Gasteiger partial charge in [0.05, 0.1) is 5.69 Å². The lowest BCUT2D eigenvalue weighted by Crippen LogP contribution is -2.49. The first-order valence-corrected chi connectivity index (χ1v) is 9.33. The van der Waals surface area contributed by atoms with E-state index in [1.54, 1.807) is 0 Å². The van der Waals surface area contributed by atoms with E-state index >= 15 is 0 Å². The van der Waals surface area contributed by atoms with Gasteiger partial charge in [-0.15, -0.1) is 0 Å². The number of pyridine rings is 1. The first-order valence-electron chi connectivity index (χ1n) is 8.28. The van der Waals surface area contributed by atoms with Crippen molar-refractivity contribution in [2.75, 3.05) is 25.4 Å². The van der Waals surface area contributed by atoms with Gasteiger partial charge in [0.25, 0.3) is 0 Å². The standard InChI is InChI=1S/C17H27N3S/c1-14-12-20(13-15-5-2-3-8-18-15)9-7-17(14)19-11-16-6-4-10-21-16/h2-3,5,8,14,16-17,19H,4,6-7,9-13H2,1H3. The van der Waals surface area contributed by atoms with E-state index in [1.165, 1.54) is 50.3 Å². The molecule has 2 saturated heterocycles. The molecule has 1 N–H and O–H groups in total. The molecule has 3 rings (SSSR count). The van der Waals surface area contributed by atoms with Gasteiger partial charge in [-0.3, -0.25) is 9.88 Å². The molecule has 2 aliphatic heterocycles. The van der Waals surface area contributed by atoms with Crippen LogP contribution in [0.25, 0.3) is 0 Å². The number of hydrogen-bond donors (Lipinski definition) is 1. The van der Waals surface area contributed by atoms with Crippen molar-refractivity contribution < 1.29 is 0 Å². The lowest BCUT2D eigenvalue weighted by atomic mass is 9.93.